The molecule has 0 radical (unpaired) electrons. The second-order valence-corrected chi connectivity index (χ2v) is 6.37. The maximum atomic E-state index is 11.9. The van der Waals surface area contributed by atoms with Crippen molar-refractivity contribution in [2.45, 2.75) is 77.2 Å². The summed E-state index contributed by atoms with van der Waals surface area (Å²) in [5.41, 5.74) is 0. The monoisotopic (exact) mass is 298 g/mol. The third-order valence-corrected chi connectivity index (χ3v) is 4.72. The number of methoxy groups -OCH3 is 1. The number of ether oxygens (including phenoxy) is 1. The van der Waals surface area contributed by atoms with Crippen molar-refractivity contribution < 1.29 is 19.4 Å². The Bertz CT molecular complexity index is 321. The molecule has 4 heteroatoms. The molecule has 4 nitrogen and oxygen atoms in total. The van der Waals surface area contributed by atoms with E-state index in [2.05, 4.69) is 0 Å². The highest BCUT2D eigenvalue weighted by Crippen LogP contribution is 2.31. The number of ketones is 1. The van der Waals surface area contributed by atoms with Crippen molar-refractivity contribution in [3.05, 3.63) is 0 Å². The van der Waals surface area contributed by atoms with Crippen LogP contribution in [0.4, 0.5) is 0 Å². The Morgan fingerprint density at radius 2 is 1.86 bits per heavy atom. The molecule has 0 spiro atoms. The summed E-state index contributed by atoms with van der Waals surface area (Å²) in [6, 6.07) is 0. The summed E-state index contributed by atoms with van der Waals surface area (Å²) < 4.78 is 5.62. The number of carboxylic acids is 1. The van der Waals surface area contributed by atoms with E-state index in [-0.39, 0.29) is 24.2 Å². The number of carbonyl (C=O) groups excluding carboxylic acids is 1. The van der Waals surface area contributed by atoms with Crippen molar-refractivity contribution in [2.75, 3.05) is 7.11 Å². The van der Waals surface area contributed by atoms with Gasteiger partial charge in [-0.15, -0.1) is 0 Å². The van der Waals surface area contributed by atoms with Gasteiger partial charge in [0, 0.05) is 19.4 Å². The molecule has 2 atom stereocenters. The van der Waals surface area contributed by atoms with Crippen LogP contribution in [0.2, 0.25) is 0 Å². The molecular weight excluding hydrogens is 268 g/mol. The van der Waals surface area contributed by atoms with Crippen molar-refractivity contribution >= 4 is 11.8 Å². The first-order valence-corrected chi connectivity index (χ1v) is 8.29. The predicted molar refractivity (Wildman–Crippen MR) is 82.3 cm³/mol. The van der Waals surface area contributed by atoms with E-state index in [1.54, 1.807) is 14.0 Å². The van der Waals surface area contributed by atoms with Crippen molar-refractivity contribution in [3.63, 3.8) is 0 Å². The summed E-state index contributed by atoms with van der Waals surface area (Å²) in [7, 11) is 1.70. The lowest BCUT2D eigenvalue weighted by molar-refractivity contribution is -0.137. The van der Waals surface area contributed by atoms with Crippen LogP contribution >= 0.6 is 0 Å². The van der Waals surface area contributed by atoms with E-state index in [1.165, 1.54) is 32.1 Å². The van der Waals surface area contributed by atoms with Gasteiger partial charge in [0.1, 0.15) is 5.78 Å². The zero-order valence-corrected chi connectivity index (χ0v) is 13.5. The molecule has 0 amide bonds. The molecule has 0 aromatic heterocycles. The Kier molecular flexibility index (Phi) is 8.58. The lowest BCUT2D eigenvalue weighted by Gasteiger charge is -2.30. The zero-order valence-electron chi connectivity index (χ0n) is 13.5. The average Bonchev–Trinajstić information content (AvgIpc) is 2.46. The van der Waals surface area contributed by atoms with Crippen LogP contribution in [0, 0.1) is 11.8 Å². The van der Waals surface area contributed by atoms with Crippen molar-refractivity contribution in [1.29, 1.82) is 0 Å². The van der Waals surface area contributed by atoms with Gasteiger partial charge in [-0.2, -0.15) is 0 Å². The van der Waals surface area contributed by atoms with E-state index in [0.29, 0.717) is 12.3 Å². The Labute approximate surface area is 128 Å². The van der Waals surface area contributed by atoms with E-state index in [1.807, 2.05) is 0 Å². The highest BCUT2D eigenvalue weighted by molar-refractivity contribution is 5.78. The first kappa shape index (κ1) is 18.1. The summed E-state index contributed by atoms with van der Waals surface area (Å²) >= 11 is 0. The summed E-state index contributed by atoms with van der Waals surface area (Å²) in [4.78, 5) is 22.5. The lowest BCUT2D eigenvalue weighted by atomic mass is 9.80. The van der Waals surface area contributed by atoms with Crippen LogP contribution in [0.15, 0.2) is 0 Å². The molecule has 0 bridgehead atoms. The molecule has 0 aromatic rings. The molecule has 122 valence electrons. The normalized spacial score (nSPS) is 19.1. The number of unbranched alkanes of at least 4 members (excludes halogenated alkanes) is 1. The third kappa shape index (κ3) is 7.07. The van der Waals surface area contributed by atoms with Gasteiger partial charge in [-0.1, -0.05) is 38.5 Å². The van der Waals surface area contributed by atoms with Crippen LogP contribution in [-0.4, -0.2) is 30.1 Å². The molecule has 21 heavy (non-hydrogen) atoms. The smallest absolute Gasteiger partial charge is 0.303 e. The van der Waals surface area contributed by atoms with Crippen molar-refractivity contribution in [1.82, 2.24) is 0 Å². The molecule has 0 saturated heterocycles. The minimum atomic E-state index is -0.764. The van der Waals surface area contributed by atoms with Crippen molar-refractivity contribution in [3.8, 4) is 0 Å². The predicted octanol–water partition coefficient (Wildman–Crippen LogP) is 3.82. The molecule has 1 aliphatic rings. The summed E-state index contributed by atoms with van der Waals surface area (Å²) in [6.07, 6.45) is 9.75. The van der Waals surface area contributed by atoms with Crippen LogP contribution in [0.3, 0.4) is 0 Å². The number of hydrogen-bond donors (Lipinski definition) is 1. The van der Waals surface area contributed by atoms with E-state index in [4.69, 9.17) is 9.84 Å². The van der Waals surface area contributed by atoms with E-state index in [0.717, 1.165) is 19.3 Å². The summed E-state index contributed by atoms with van der Waals surface area (Å²) in [5.74, 6) is 0.0168. The van der Waals surface area contributed by atoms with Gasteiger partial charge >= 0.3 is 5.97 Å². The van der Waals surface area contributed by atoms with Crippen LogP contribution in [-0.2, 0) is 14.3 Å². The van der Waals surface area contributed by atoms with E-state index in [9.17, 15) is 9.59 Å². The van der Waals surface area contributed by atoms with Gasteiger partial charge in [-0.3, -0.25) is 9.59 Å². The second-order valence-electron chi connectivity index (χ2n) is 6.37. The number of aliphatic carboxylic acids is 1. The fourth-order valence-corrected chi connectivity index (χ4v) is 3.47. The van der Waals surface area contributed by atoms with Gasteiger partial charge in [0.15, 0.2) is 0 Å². The molecule has 0 aliphatic heterocycles. The van der Waals surface area contributed by atoms with Gasteiger partial charge in [-0.05, 0) is 32.1 Å². The quantitative estimate of drug-likeness (QED) is 0.623. The van der Waals surface area contributed by atoms with E-state index >= 15 is 0 Å². The van der Waals surface area contributed by atoms with Gasteiger partial charge in [0.25, 0.3) is 0 Å². The van der Waals surface area contributed by atoms with Crippen molar-refractivity contribution in [2.24, 2.45) is 11.8 Å². The maximum Gasteiger partial charge on any atom is 0.303 e. The number of rotatable bonds is 10. The van der Waals surface area contributed by atoms with Gasteiger partial charge in [-0.25, -0.2) is 0 Å². The number of Topliss-reactive ketones (excluding diaryl/α,β-unsaturated/α-hetero) is 1. The van der Waals surface area contributed by atoms with Gasteiger partial charge < -0.3 is 9.84 Å². The molecule has 1 aliphatic carbocycles. The molecule has 1 rings (SSSR count). The minimum absolute atomic E-state index is 0.00423. The third-order valence-electron chi connectivity index (χ3n) is 4.72. The number of carbonyl (C=O) groups is 2. The minimum Gasteiger partial charge on any atom is -0.481 e. The van der Waals surface area contributed by atoms with Gasteiger partial charge in [0.05, 0.1) is 6.10 Å². The highest BCUT2D eigenvalue weighted by Gasteiger charge is 2.28. The van der Waals surface area contributed by atoms with Crippen LogP contribution in [0.25, 0.3) is 0 Å². The zero-order chi connectivity index (χ0) is 15.7. The van der Waals surface area contributed by atoms with Crippen LogP contribution in [0.1, 0.15) is 71.1 Å². The number of carboxylic acid groups (broad SMARTS) is 1. The second kappa shape index (κ2) is 9.93. The first-order valence-electron chi connectivity index (χ1n) is 8.29. The standard InChI is InChI=1S/C17H30O4/c1-13(18)15(10-6-7-11-17(19)20)16(21-2)12-14-8-4-3-5-9-14/h14-16H,3-12H2,1-2H3,(H,19,20). The summed E-state index contributed by atoms with van der Waals surface area (Å²) in [5, 5.41) is 8.67. The molecule has 0 heterocycles. The Morgan fingerprint density at radius 1 is 1.19 bits per heavy atom. The molecule has 0 aromatic carbocycles. The average molecular weight is 298 g/mol. The van der Waals surface area contributed by atoms with Crippen LogP contribution < -0.4 is 0 Å². The Hall–Kier alpha value is -0.900. The molecule has 1 N–H and O–H groups in total. The maximum absolute atomic E-state index is 11.9. The fourth-order valence-electron chi connectivity index (χ4n) is 3.47. The first-order chi connectivity index (χ1) is 10.0. The van der Waals surface area contributed by atoms with E-state index < -0.39 is 5.97 Å². The largest absolute Gasteiger partial charge is 0.481 e. The molecular formula is C17H30O4. The highest BCUT2D eigenvalue weighted by atomic mass is 16.5. The van der Waals surface area contributed by atoms with Crippen LogP contribution in [0.5, 0.6) is 0 Å². The Balaban J connectivity index is 2.45. The topological polar surface area (TPSA) is 63.6 Å². The molecule has 1 saturated carbocycles. The number of hydrogen-bond acceptors (Lipinski definition) is 3. The Morgan fingerprint density at radius 3 is 2.38 bits per heavy atom. The van der Waals surface area contributed by atoms with Gasteiger partial charge in [0.2, 0.25) is 0 Å². The molecule has 2 unspecified atom stereocenters. The lowest BCUT2D eigenvalue weighted by Crippen LogP contribution is -2.31. The fraction of sp³-hybridized carbons (Fsp3) is 0.882. The summed E-state index contributed by atoms with van der Waals surface area (Å²) in [6.45, 7) is 1.63. The SMILES string of the molecule is COC(CC1CCCCC1)C(CCCCC(=O)O)C(C)=O. The molecule has 1 fully saturated rings.